The average Bonchev–Trinajstić information content (AvgIpc) is 2.39. The van der Waals surface area contributed by atoms with Crippen molar-refractivity contribution in [2.45, 2.75) is 19.9 Å². The van der Waals surface area contributed by atoms with Crippen LogP contribution >= 0.6 is 0 Å². The second kappa shape index (κ2) is 6.66. The third-order valence-corrected chi connectivity index (χ3v) is 3.49. The Morgan fingerprint density at radius 2 is 1.67 bits per heavy atom. The minimum Gasteiger partial charge on any atom is -0.300 e. The molecule has 1 heterocycles. The molecule has 18 heavy (non-hydrogen) atoms. The molecule has 1 aromatic carbocycles. The van der Waals surface area contributed by atoms with E-state index in [1.54, 1.807) is 6.92 Å². The molecule has 1 saturated heterocycles. The number of rotatable bonds is 5. The smallest absolute Gasteiger partial charge is 0.131 e. The van der Waals surface area contributed by atoms with Crippen LogP contribution in [0, 0.1) is 0 Å². The van der Waals surface area contributed by atoms with E-state index in [2.05, 4.69) is 40.1 Å². The first-order valence-corrected chi connectivity index (χ1v) is 6.72. The van der Waals surface area contributed by atoms with Crippen molar-refractivity contribution in [1.82, 2.24) is 9.80 Å². The number of Topliss-reactive ketones (excluding diaryl/α,β-unsaturated/α-hetero) is 1. The molecule has 0 N–H and O–H groups in total. The Morgan fingerprint density at radius 3 is 2.28 bits per heavy atom. The predicted molar refractivity (Wildman–Crippen MR) is 73.5 cm³/mol. The van der Waals surface area contributed by atoms with Crippen molar-refractivity contribution in [3.63, 3.8) is 0 Å². The fourth-order valence-electron chi connectivity index (χ4n) is 2.33. The first kappa shape index (κ1) is 13.2. The van der Waals surface area contributed by atoms with E-state index in [-0.39, 0.29) is 0 Å². The Balaban J connectivity index is 1.72. The minimum absolute atomic E-state index is 0.293. The van der Waals surface area contributed by atoms with Gasteiger partial charge in [-0.1, -0.05) is 30.3 Å². The predicted octanol–water partition coefficient (Wildman–Crippen LogP) is 1.78. The van der Waals surface area contributed by atoms with Gasteiger partial charge in [-0.3, -0.25) is 9.69 Å². The molecular weight excluding hydrogens is 224 g/mol. The van der Waals surface area contributed by atoms with Gasteiger partial charge in [0.2, 0.25) is 0 Å². The molecule has 0 aliphatic carbocycles. The molecule has 2 rings (SSSR count). The van der Waals surface area contributed by atoms with Crippen LogP contribution < -0.4 is 0 Å². The highest BCUT2D eigenvalue weighted by Crippen LogP contribution is 2.08. The zero-order valence-corrected chi connectivity index (χ0v) is 11.1. The van der Waals surface area contributed by atoms with Crippen molar-refractivity contribution in [3.8, 4) is 0 Å². The maximum absolute atomic E-state index is 11.0. The molecule has 0 spiro atoms. The van der Waals surface area contributed by atoms with Gasteiger partial charge in [0.05, 0.1) is 0 Å². The van der Waals surface area contributed by atoms with Crippen molar-refractivity contribution in [2.24, 2.45) is 0 Å². The van der Waals surface area contributed by atoms with Crippen LogP contribution in [0.3, 0.4) is 0 Å². The lowest BCUT2D eigenvalue weighted by atomic mass is 10.2. The van der Waals surface area contributed by atoms with Gasteiger partial charge < -0.3 is 4.90 Å². The second-order valence-corrected chi connectivity index (χ2v) is 5.06. The lowest BCUT2D eigenvalue weighted by Gasteiger charge is -2.34. The van der Waals surface area contributed by atoms with Crippen LogP contribution in [0.1, 0.15) is 18.9 Å². The van der Waals surface area contributed by atoms with Gasteiger partial charge in [-0.05, 0) is 12.5 Å². The maximum Gasteiger partial charge on any atom is 0.131 e. The number of benzene rings is 1. The quantitative estimate of drug-likeness (QED) is 0.791. The van der Waals surface area contributed by atoms with E-state index in [1.807, 2.05) is 0 Å². The number of hydrogen-bond acceptors (Lipinski definition) is 3. The van der Waals surface area contributed by atoms with E-state index in [9.17, 15) is 4.79 Å². The summed E-state index contributed by atoms with van der Waals surface area (Å²) in [6.07, 6.45) is 0.693. The van der Waals surface area contributed by atoms with Gasteiger partial charge in [0.25, 0.3) is 0 Å². The monoisotopic (exact) mass is 246 g/mol. The molecule has 1 aliphatic rings. The Hall–Kier alpha value is -1.19. The van der Waals surface area contributed by atoms with Gasteiger partial charge in [-0.15, -0.1) is 0 Å². The van der Waals surface area contributed by atoms with E-state index in [0.29, 0.717) is 12.2 Å². The van der Waals surface area contributed by atoms with Crippen molar-refractivity contribution in [1.29, 1.82) is 0 Å². The standard InChI is InChI=1S/C15H22N2O/c1-14(18)7-8-16-9-11-17(12-10-16)13-15-5-3-2-4-6-15/h2-6H,7-13H2,1H3. The zero-order chi connectivity index (χ0) is 12.8. The first-order chi connectivity index (χ1) is 8.74. The van der Waals surface area contributed by atoms with E-state index >= 15 is 0 Å². The summed E-state index contributed by atoms with van der Waals surface area (Å²) in [6.45, 7) is 8.02. The number of ketones is 1. The summed E-state index contributed by atoms with van der Waals surface area (Å²) < 4.78 is 0. The molecule has 3 nitrogen and oxygen atoms in total. The molecule has 1 fully saturated rings. The van der Waals surface area contributed by atoms with Gasteiger partial charge in [0.1, 0.15) is 5.78 Å². The third-order valence-electron chi connectivity index (χ3n) is 3.49. The molecule has 3 heteroatoms. The SMILES string of the molecule is CC(=O)CCN1CCN(Cc2ccccc2)CC1. The summed E-state index contributed by atoms with van der Waals surface area (Å²) in [6, 6.07) is 10.6. The van der Waals surface area contributed by atoms with Crippen molar-refractivity contribution < 1.29 is 4.79 Å². The van der Waals surface area contributed by atoms with Crippen LogP contribution in [0.25, 0.3) is 0 Å². The van der Waals surface area contributed by atoms with Crippen molar-refractivity contribution >= 4 is 5.78 Å². The van der Waals surface area contributed by atoms with Crippen LogP contribution in [-0.2, 0) is 11.3 Å². The topological polar surface area (TPSA) is 23.6 Å². The lowest BCUT2D eigenvalue weighted by Crippen LogP contribution is -2.46. The second-order valence-electron chi connectivity index (χ2n) is 5.06. The molecule has 0 bridgehead atoms. The van der Waals surface area contributed by atoms with E-state index in [0.717, 1.165) is 39.3 Å². The van der Waals surface area contributed by atoms with Gasteiger partial charge >= 0.3 is 0 Å². The molecule has 0 saturated carbocycles. The largest absolute Gasteiger partial charge is 0.300 e. The number of nitrogens with zero attached hydrogens (tertiary/aromatic N) is 2. The number of hydrogen-bond donors (Lipinski definition) is 0. The molecule has 1 aromatic rings. The summed E-state index contributed by atoms with van der Waals surface area (Å²) >= 11 is 0. The summed E-state index contributed by atoms with van der Waals surface area (Å²) in [7, 11) is 0. The summed E-state index contributed by atoms with van der Waals surface area (Å²) in [4.78, 5) is 15.8. The summed E-state index contributed by atoms with van der Waals surface area (Å²) in [5, 5.41) is 0. The molecular formula is C15H22N2O. The minimum atomic E-state index is 0.293. The highest BCUT2D eigenvalue weighted by atomic mass is 16.1. The Morgan fingerprint density at radius 1 is 1.06 bits per heavy atom. The molecule has 0 radical (unpaired) electrons. The maximum atomic E-state index is 11.0. The number of carbonyl (C=O) groups is 1. The Bertz CT molecular complexity index is 369. The lowest BCUT2D eigenvalue weighted by molar-refractivity contribution is -0.117. The highest BCUT2D eigenvalue weighted by Gasteiger charge is 2.16. The fourth-order valence-corrected chi connectivity index (χ4v) is 2.33. The van der Waals surface area contributed by atoms with Crippen molar-refractivity contribution in [2.75, 3.05) is 32.7 Å². The van der Waals surface area contributed by atoms with Gasteiger partial charge in [0.15, 0.2) is 0 Å². The highest BCUT2D eigenvalue weighted by molar-refractivity contribution is 5.75. The Kier molecular flexibility index (Phi) is 4.90. The van der Waals surface area contributed by atoms with Crippen LogP contribution in [0.5, 0.6) is 0 Å². The summed E-state index contributed by atoms with van der Waals surface area (Å²) in [5.41, 5.74) is 1.38. The van der Waals surface area contributed by atoms with Gasteiger partial charge in [0, 0.05) is 45.7 Å². The normalized spacial score (nSPS) is 17.8. The number of piperazine rings is 1. The van der Waals surface area contributed by atoms with Crippen LogP contribution in [0.4, 0.5) is 0 Å². The molecule has 1 aliphatic heterocycles. The third kappa shape index (κ3) is 4.24. The van der Waals surface area contributed by atoms with E-state index in [1.165, 1.54) is 5.56 Å². The molecule has 98 valence electrons. The molecule has 0 amide bonds. The number of carbonyl (C=O) groups excluding carboxylic acids is 1. The van der Waals surface area contributed by atoms with Crippen LogP contribution in [-0.4, -0.2) is 48.3 Å². The fraction of sp³-hybridized carbons (Fsp3) is 0.533. The van der Waals surface area contributed by atoms with Gasteiger partial charge in [-0.25, -0.2) is 0 Å². The van der Waals surface area contributed by atoms with Crippen LogP contribution in [0.2, 0.25) is 0 Å². The molecule has 0 aromatic heterocycles. The first-order valence-electron chi connectivity index (χ1n) is 6.72. The average molecular weight is 246 g/mol. The molecule has 0 unspecified atom stereocenters. The van der Waals surface area contributed by atoms with E-state index in [4.69, 9.17) is 0 Å². The van der Waals surface area contributed by atoms with Crippen LogP contribution in [0.15, 0.2) is 30.3 Å². The molecule has 0 atom stereocenters. The van der Waals surface area contributed by atoms with E-state index < -0.39 is 0 Å². The van der Waals surface area contributed by atoms with Gasteiger partial charge in [-0.2, -0.15) is 0 Å². The Labute approximate surface area is 109 Å². The zero-order valence-electron chi connectivity index (χ0n) is 11.1. The summed E-state index contributed by atoms with van der Waals surface area (Å²) in [5.74, 6) is 0.293. The van der Waals surface area contributed by atoms with Crippen molar-refractivity contribution in [3.05, 3.63) is 35.9 Å².